The Morgan fingerprint density at radius 1 is 1.07 bits per heavy atom. The number of phenols is 1. The van der Waals surface area contributed by atoms with Crippen molar-refractivity contribution in [2.24, 2.45) is 0 Å². The van der Waals surface area contributed by atoms with E-state index in [1.807, 2.05) is 0 Å². The van der Waals surface area contributed by atoms with Crippen LogP contribution in [0.2, 0.25) is 0 Å². The summed E-state index contributed by atoms with van der Waals surface area (Å²) in [6.45, 7) is 3.09. The molecule has 0 aliphatic rings. The molecule has 27 heavy (non-hydrogen) atoms. The molecule has 7 nitrogen and oxygen atoms in total. The van der Waals surface area contributed by atoms with E-state index in [0.717, 1.165) is 6.26 Å². The number of sulfone groups is 1. The van der Waals surface area contributed by atoms with Gasteiger partial charge >= 0.3 is 0 Å². The molecule has 8 heteroatoms. The molecule has 0 spiro atoms. The van der Waals surface area contributed by atoms with E-state index in [2.05, 4.69) is 5.32 Å². The van der Waals surface area contributed by atoms with Crippen LogP contribution in [0.3, 0.4) is 0 Å². The minimum atomic E-state index is -3.26. The van der Waals surface area contributed by atoms with E-state index in [9.17, 15) is 18.6 Å². The number of phenolic OH excluding ortho intramolecular Hbond substituents is 1. The van der Waals surface area contributed by atoms with Crippen LogP contribution in [0.5, 0.6) is 17.2 Å². The second-order valence-electron chi connectivity index (χ2n) is 6.21. The normalized spacial score (nSPS) is 12.6. The molecule has 0 fully saturated rings. The maximum absolute atomic E-state index is 11.6. The van der Waals surface area contributed by atoms with E-state index in [-0.39, 0.29) is 17.3 Å². The Bertz CT molecular complexity index is 836. The lowest BCUT2D eigenvalue weighted by Gasteiger charge is -2.14. The largest absolute Gasteiger partial charge is 0.508 e. The molecule has 0 saturated heterocycles. The molecule has 0 aliphatic heterocycles. The van der Waals surface area contributed by atoms with Gasteiger partial charge in [-0.3, -0.25) is 0 Å². The smallest absolute Gasteiger partial charge is 0.175 e. The van der Waals surface area contributed by atoms with Crippen LogP contribution in [0.1, 0.15) is 5.56 Å². The third kappa shape index (κ3) is 7.09. The standard InChI is InChI=1S/C19H25NO6S/c1-14-11-18(7-8-19(14)27(2,23)24)26-13-16(22)12-20-9-10-25-17-5-3-15(21)4-6-17/h3-8,11,16,20-22H,9-10,12-13H2,1-2H3. The Morgan fingerprint density at radius 3 is 2.37 bits per heavy atom. The number of aryl methyl sites for hydroxylation is 1. The lowest BCUT2D eigenvalue weighted by atomic mass is 10.2. The van der Waals surface area contributed by atoms with E-state index in [1.165, 1.54) is 6.07 Å². The zero-order valence-corrected chi connectivity index (χ0v) is 16.2. The molecule has 2 aromatic carbocycles. The van der Waals surface area contributed by atoms with Crippen molar-refractivity contribution < 1.29 is 28.1 Å². The van der Waals surface area contributed by atoms with Gasteiger partial charge in [-0.2, -0.15) is 0 Å². The average molecular weight is 395 g/mol. The molecule has 0 bridgehead atoms. The van der Waals surface area contributed by atoms with Crippen molar-refractivity contribution in [3.05, 3.63) is 48.0 Å². The predicted molar refractivity (Wildman–Crippen MR) is 102 cm³/mol. The highest BCUT2D eigenvalue weighted by molar-refractivity contribution is 7.90. The van der Waals surface area contributed by atoms with Crippen LogP contribution in [-0.2, 0) is 9.84 Å². The fourth-order valence-corrected chi connectivity index (χ4v) is 3.39. The zero-order chi connectivity index (χ0) is 19.9. The van der Waals surface area contributed by atoms with Gasteiger partial charge in [0.15, 0.2) is 9.84 Å². The lowest BCUT2D eigenvalue weighted by molar-refractivity contribution is 0.105. The number of hydrogen-bond donors (Lipinski definition) is 3. The number of aromatic hydroxyl groups is 1. The molecule has 0 saturated carbocycles. The van der Waals surface area contributed by atoms with E-state index in [0.29, 0.717) is 36.8 Å². The Balaban J connectivity index is 1.66. The molecule has 1 atom stereocenters. The second-order valence-corrected chi connectivity index (χ2v) is 8.19. The number of aliphatic hydroxyl groups is 1. The van der Waals surface area contributed by atoms with Crippen molar-refractivity contribution in [2.75, 3.05) is 32.6 Å². The van der Waals surface area contributed by atoms with Crippen molar-refractivity contribution in [3.63, 3.8) is 0 Å². The van der Waals surface area contributed by atoms with E-state index in [1.54, 1.807) is 43.3 Å². The topological polar surface area (TPSA) is 105 Å². The highest BCUT2D eigenvalue weighted by Crippen LogP contribution is 2.21. The molecule has 3 N–H and O–H groups in total. The van der Waals surface area contributed by atoms with Gasteiger partial charge in [0.25, 0.3) is 0 Å². The Kier molecular flexibility index (Phi) is 7.46. The summed E-state index contributed by atoms with van der Waals surface area (Å²) in [6, 6.07) is 11.2. The fourth-order valence-electron chi connectivity index (χ4n) is 2.43. The summed E-state index contributed by atoms with van der Waals surface area (Å²) in [4.78, 5) is 0.269. The van der Waals surface area contributed by atoms with Crippen molar-refractivity contribution in [1.82, 2.24) is 5.32 Å². The van der Waals surface area contributed by atoms with Gasteiger partial charge in [0.1, 0.15) is 36.6 Å². The molecule has 0 aliphatic carbocycles. The van der Waals surface area contributed by atoms with E-state index in [4.69, 9.17) is 9.47 Å². The van der Waals surface area contributed by atoms with Crippen molar-refractivity contribution in [1.29, 1.82) is 0 Å². The zero-order valence-electron chi connectivity index (χ0n) is 15.4. The Morgan fingerprint density at radius 2 is 1.74 bits per heavy atom. The highest BCUT2D eigenvalue weighted by atomic mass is 32.2. The molecule has 148 valence electrons. The molecular formula is C19H25NO6S. The van der Waals surface area contributed by atoms with Crippen LogP contribution in [0, 0.1) is 6.92 Å². The maximum atomic E-state index is 11.6. The van der Waals surface area contributed by atoms with Crippen LogP contribution in [0.4, 0.5) is 0 Å². The molecule has 0 radical (unpaired) electrons. The van der Waals surface area contributed by atoms with Crippen LogP contribution in [-0.4, -0.2) is 57.3 Å². The first-order chi connectivity index (χ1) is 12.8. The first kappa shape index (κ1) is 21.0. The summed E-state index contributed by atoms with van der Waals surface area (Å²) < 4.78 is 34.2. The van der Waals surface area contributed by atoms with Crippen molar-refractivity contribution in [3.8, 4) is 17.2 Å². The monoisotopic (exact) mass is 395 g/mol. The van der Waals surface area contributed by atoms with Crippen LogP contribution < -0.4 is 14.8 Å². The summed E-state index contributed by atoms with van der Waals surface area (Å²) in [6.07, 6.45) is 0.449. The van der Waals surface area contributed by atoms with Gasteiger partial charge in [-0.15, -0.1) is 0 Å². The van der Waals surface area contributed by atoms with Gasteiger partial charge < -0.3 is 25.0 Å². The quantitative estimate of drug-likeness (QED) is 0.524. The molecular weight excluding hydrogens is 370 g/mol. The molecule has 2 aromatic rings. The van der Waals surface area contributed by atoms with E-state index < -0.39 is 15.9 Å². The number of nitrogens with one attached hydrogen (secondary N) is 1. The Labute approximate surface area is 159 Å². The number of aliphatic hydroxyl groups excluding tert-OH is 1. The first-order valence-electron chi connectivity index (χ1n) is 8.50. The van der Waals surface area contributed by atoms with Gasteiger partial charge in [0.05, 0.1) is 4.90 Å². The number of ether oxygens (including phenoxy) is 2. The second kappa shape index (κ2) is 9.59. The van der Waals surface area contributed by atoms with E-state index >= 15 is 0 Å². The molecule has 0 amide bonds. The fraction of sp³-hybridized carbons (Fsp3) is 0.368. The summed E-state index contributed by atoms with van der Waals surface area (Å²) >= 11 is 0. The maximum Gasteiger partial charge on any atom is 0.175 e. The molecule has 2 rings (SSSR count). The van der Waals surface area contributed by atoms with Crippen molar-refractivity contribution >= 4 is 9.84 Å². The van der Waals surface area contributed by atoms with Gasteiger partial charge in [0, 0.05) is 19.3 Å². The number of benzene rings is 2. The number of rotatable bonds is 10. The van der Waals surface area contributed by atoms with Crippen LogP contribution in [0.25, 0.3) is 0 Å². The summed E-state index contributed by atoms with van der Waals surface area (Å²) in [5, 5.41) is 22.2. The summed E-state index contributed by atoms with van der Waals surface area (Å²) in [5.74, 6) is 1.35. The molecule has 0 aromatic heterocycles. The number of hydrogen-bond acceptors (Lipinski definition) is 7. The average Bonchev–Trinajstić information content (AvgIpc) is 2.60. The van der Waals surface area contributed by atoms with Crippen LogP contribution >= 0.6 is 0 Å². The SMILES string of the molecule is Cc1cc(OCC(O)CNCCOc2ccc(O)cc2)ccc1S(C)(=O)=O. The third-order valence-electron chi connectivity index (χ3n) is 3.75. The van der Waals surface area contributed by atoms with Gasteiger partial charge in [0.2, 0.25) is 0 Å². The Hall–Kier alpha value is -2.29. The van der Waals surface area contributed by atoms with Gasteiger partial charge in [-0.25, -0.2) is 8.42 Å². The lowest BCUT2D eigenvalue weighted by Crippen LogP contribution is -2.33. The van der Waals surface area contributed by atoms with Gasteiger partial charge in [-0.1, -0.05) is 0 Å². The molecule has 1 unspecified atom stereocenters. The first-order valence-corrected chi connectivity index (χ1v) is 10.4. The summed E-state index contributed by atoms with van der Waals surface area (Å²) in [7, 11) is -3.26. The minimum Gasteiger partial charge on any atom is -0.508 e. The summed E-state index contributed by atoms with van der Waals surface area (Å²) in [5.41, 5.74) is 0.606. The van der Waals surface area contributed by atoms with Crippen LogP contribution in [0.15, 0.2) is 47.4 Å². The van der Waals surface area contributed by atoms with Crippen molar-refractivity contribution in [2.45, 2.75) is 17.9 Å². The third-order valence-corrected chi connectivity index (χ3v) is 5.01. The predicted octanol–water partition coefficient (Wildman–Crippen LogP) is 1.51. The minimum absolute atomic E-state index is 0.0868. The van der Waals surface area contributed by atoms with Gasteiger partial charge in [-0.05, 0) is 55.0 Å². The molecule has 0 heterocycles. The highest BCUT2D eigenvalue weighted by Gasteiger charge is 2.12.